The molecule has 1 aliphatic heterocycles. The second kappa shape index (κ2) is 7.23. The molecule has 0 saturated heterocycles. The number of nitrogens with one attached hydrogen (secondary N) is 1. The standard InChI is InChI=1S/C21H28N4O/c1-15-6-7-17(10-16(15)2)13-24-8-9-25-20(14-24)11-19(23-25)12-22-21(26)18-4-3-5-18/h6-7,10-11,18H,3-5,8-9,12-14H2,1-2H3,(H,22,26). The van der Waals surface area contributed by atoms with Crippen LogP contribution >= 0.6 is 0 Å². The molecule has 0 radical (unpaired) electrons. The molecule has 2 aliphatic rings. The number of hydrogen-bond acceptors (Lipinski definition) is 3. The van der Waals surface area contributed by atoms with Gasteiger partial charge in [0.15, 0.2) is 0 Å². The zero-order chi connectivity index (χ0) is 18.1. The van der Waals surface area contributed by atoms with E-state index in [1.165, 1.54) is 28.8 Å². The minimum absolute atomic E-state index is 0.193. The van der Waals surface area contributed by atoms with E-state index in [1.807, 2.05) is 0 Å². The summed E-state index contributed by atoms with van der Waals surface area (Å²) < 4.78 is 2.10. The molecule has 4 rings (SSSR count). The molecule has 1 N–H and O–H groups in total. The predicted octanol–water partition coefficient (Wildman–Crippen LogP) is 2.93. The number of aryl methyl sites for hydroxylation is 2. The summed E-state index contributed by atoms with van der Waals surface area (Å²) in [5, 5.41) is 7.71. The maximum absolute atomic E-state index is 12.0. The third kappa shape index (κ3) is 3.68. The van der Waals surface area contributed by atoms with Gasteiger partial charge in [0.05, 0.1) is 24.5 Å². The zero-order valence-corrected chi connectivity index (χ0v) is 15.8. The highest BCUT2D eigenvalue weighted by Crippen LogP contribution is 2.26. The Labute approximate surface area is 155 Å². The third-order valence-corrected chi connectivity index (χ3v) is 5.82. The van der Waals surface area contributed by atoms with Crippen molar-refractivity contribution in [3.63, 3.8) is 0 Å². The molecule has 2 aromatic rings. The Kier molecular flexibility index (Phi) is 4.81. The summed E-state index contributed by atoms with van der Waals surface area (Å²) in [6, 6.07) is 8.88. The number of carbonyl (C=O) groups excluding carboxylic acids is 1. The Bertz CT molecular complexity index is 806. The van der Waals surface area contributed by atoms with Crippen LogP contribution in [0.15, 0.2) is 24.3 Å². The van der Waals surface area contributed by atoms with Crippen molar-refractivity contribution in [2.45, 2.75) is 59.3 Å². The number of hydrogen-bond donors (Lipinski definition) is 1. The second-order valence-corrected chi connectivity index (χ2v) is 7.83. The molecule has 1 amide bonds. The summed E-state index contributed by atoms with van der Waals surface area (Å²) in [5.41, 5.74) is 6.29. The summed E-state index contributed by atoms with van der Waals surface area (Å²) in [5.74, 6) is 0.430. The van der Waals surface area contributed by atoms with Crippen LogP contribution in [0.4, 0.5) is 0 Å². The van der Waals surface area contributed by atoms with Crippen LogP contribution in [0.3, 0.4) is 0 Å². The number of carbonyl (C=O) groups is 1. The van der Waals surface area contributed by atoms with Gasteiger partial charge in [-0.05, 0) is 49.4 Å². The number of benzene rings is 1. The van der Waals surface area contributed by atoms with Gasteiger partial charge < -0.3 is 5.32 Å². The van der Waals surface area contributed by atoms with Gasteiger partial charge in [-0.3, -0.25) is 14.4 Å². The molecule has 0 bridgehead atoms. The highest BCUT2D eigenvalue weighted by Gasteiger charge is 2.25. The van der Waals surface area contributed by atoms with E-state index in [4.69, 9.17) is 0 Å². The van der Waals surface area contributed by atoms with Crippen LogP contribution in [-0.2, 0) is 31.0 Å². The maximum atomic E-state index is 12.0. The number of fused-ring (bicyclic) bond motifs is 1. The molecular formula is C21H28N4O. The topological polar surface area (TPSA) is 50.2 Å². The van der Waals surface area contributed by atoms with Crippen molar-refractivity contribution in [1.82, 2.24) is 20.0 Å². The summed E-state index contributed by atoms with van der Waals surface area (Å²) in [4.78, 5) is 14.5. The predicted molar refractivity (Wildman–Crippen MR) is 101 cm³/mol. The van der Waals surface area contributed by atoms with Crippen LogP contribution < -0.4 is 5.32 Å². The van der Waals surface area contributed by atoms with Gasteiger partial charge in [-0.15, -0.1) is 0 Å². The summed E-state index contributed by atoms with van der Waals surface area (Å²) >= 11 is 0. The van der Waals surface area contributed by atoms with Crippen LogP contribution in [0.1, 0.15) is 47.3 Å². The van der Waals surface area contributed by atoms with Gasteiger partial charge in [0.1, 0.15) is 0 Å². The average molecular weight is 352 g/mol. The summed E-state index contributed by atoms with van der Waals surface area (Å²) in [7, 11) is 0. The molecule has 1 aromatic heterocycles. The molecule has 0 spiro atoms. The van der Waals surface area contributed by atoms with Crippen molar-refractivity contribution in [2.24, 2.45) is 5.92 Å². The molecule has 1 saturated carbocycles. The quantitative estimate of drug-likeness (QED) is 0.900. The zero-order valence-electron chi connectivity index (χ0n) is 15.8. The summed E-state index contributed by atoms with van der Waals surface area (Å²) in [6.45, 7) is 8.69. The lowest BCUT2D eigenvalue weighted by atomic mass is 9.85. The van der Waals surface area contributed by atoms with Crippen molar-refractivity contribution in [1.29, 1.82) is 0 Å². The van der Waals surface area contributed by atoms with E-state index >= 15 is 0 Å². The fourth-order valence-corrected chi connectivity index (χ4v) is 3.75. The molecule has 1 fully saturated rings. The van der Waals surface area contributed by atoms with Gasteiger partial charge in [0, 0.05) is 25.6 Å². The lowest BCUT2D eigenvalue weighted by Crippen LogP contribution is -2.34. The lowest BCUT2D eigenvalue weighted by molar-refractivity contribution is -0.127. The SMILES string of the molecule is Cc1ccc(CN2CCn3nc(CNC(=O)C4CCC4)cc3C2)cc1C. The molecule has 5 heteroatoms. The van der Waals surface area contributed by atoms with Gasteiger partial charge in [0.2, 0.25) is 5.91 Å². The number of aromatic nitrogens is 2. The molecule has 0 unspecified atom stereocenters. The number of nitrogens with zero attached hydrogens (tertiary/aromatic N) is 3. The highest BCUT2D eigenvalue weighted by atomic mass is 16.1. The molecule has 5 nitrogen and oxygen atoms in total. The van der Waals surface area contributed by atoms with Gasteiger partial charge in [-0.1, -0.05) is 24.6 Å². The van der Waals surface area contributed by atoms with E-state index in [1.54, 1.807) is 0 Å². The average Bonchev–Trinajstić information content (AvgIpc) is 2.97. The Morgan fingerprint density at radius 2 is 2.04 bits per heavy atom. The molecule has 1 aliphatic carbocycles. The Hall–Kier alpha value is -2.14. The van der Waals surface area contributed by atoms with Gasteiger partial charge in [-0.2, -0.15) is 5.10 Å². The van der Waals surface area contributed by atoms with Crippen molar-refractivity contribution >= 4 is 5.91 Å². The van der Waals surface area contributed by atoms with Crippen LogP contribution in [0.5, 0.6) is 0 Å². The Balaban J connectivity index is 1.35. The first-order valence-corrected chi connectivity index (χ1v) is 9.70. The van der Waals surface area contributed by atoms with E-state index in [-0.39, 0.29) is 11.8 Å². The van der Waals surface area contributed by atoms with Crippen molar-refractivity contribution in [3.05, 3.63) is 52.3 Å². The highest BCUT2D eigenvalue weighted by molar-refractivity contribution is 5.79. The van der Waals surface area contributed by atoms with Crippen LogP contribution in [-0.4, -0.2) is 27.1 Å². The van der Waals surface area contributed by atoms with E-state index in [0.29, 0.717) is 6.54 Å². The fraction of sp³-hybridized carbons (Fsp3) is 0.524. The van der Waals surface area contributed by atoms with Crippen LogP contribution in [0, 0.1) is 19.8 Å². The lowest BCUT2D eigenvalue weighted by Gasteiger charge is -2.27. The van der Waals surface area contributed by atoms with Gasteiger partial charge in [-0.25, -0.2) is 0 Å². The molecule has 1 aromatic carbocycles. The molecule has 26 heavy (non-hydrogen) atoms. The van der Waals surface area contributed by atoms with E-state index in [0.717, 1.165) is 44.7 Å². The van der Waals surface area contributed by atoms with Gasteiger partial charge >= 0.3 is 0 Å². The third-order valence-electron chi connectivity index (χ3n) is 5.82. The van der Waals surface area contributed by atoms with Crippen molar-refractivity contribution < 1.29 is 4.79 Å². The largest absolute Gasteiger partial charge is 0.350 e. The smallest absolute Gasteiger partial charge is 0.223 e. The Morgan fingerprint density at radius 3 is 2.77 bits per heavy atom. The minimum atomic E-state index is 0.193. The first kappa shape index (κ1) is 17.3. The van der Waals surface area contributed by atoms with Crippen molar-refractivity contribution in [3.8, 4) is 0 Å². The van der Waals surface area contributed by atoms with Crippen LogP contribution in [0.2, 0.25) is 0 Å². The molecule has 0 atom stereocenters. The number of amides is 1. The summed E-state index contributed by atoms with van der Waals surface area (Å²) in [6.07, 6.45) is 3.27. The first-order valence-electron chi connectivity index (χ1n) is 9.70. The normalized spacial score (nSPS) is 17.6. The fourth-order valence-electron chi connectivity index (χ4n) is 3.75. The minimum Gasteiger partial charge on any atom is -0.350 e. The molecule has 2 heterocycles. The van der Waals surface area contributed by atoms with Crippen LogP contribution in [0.25, 0.3) is 0 Å². The number of rotatable bonds is 5. The monoisotopic (exact) mass is 352 g/mol. The Morgan fingerprint density at radius 1 is 1.19 bits per heavy atom. The van der Waals surface area contributed by atoms with E-state index in [9.17, 15) is 4.79 Å². The maximum Gasteiger partial charge on any atom is 0.223 e. The van der Waals surface area contributed by atoms with E-state index in [2.05, 4.69) is 58.1 Å². The second-order valence-electron chi connectivity index (χ2n) is 7.83. The van der Waals surface area contributed by atoms with Crippen molar-refractivity contribution in [2.75, 3.05) is 6.54 Å². The first-order chi connectivity index (χ1) is 12.6. The van der Waals surface area contributed by atoms with E-state index < -0.39 is 0 Å². The van der Waals surface area contributed by atoms with Gasteiger partial charge in [0.25, 0.3) is 0 Å². The molecular weight excluding hydrogens is 324 g/mol. The molecule has 138 valence electrons.